The number of carbonyl (C=O) groups excluding carboxylic acids is 2. The van der Waals surface area contributed by atoms with E-state index in [0.29, 0.717) is 11.3 Å². The molecule has 0 unspecified atom stereocenters. The molecule has 2 aromatic rings. The first-order valence-electron chi connectivity index (χ1n) is 8.05. The van der Waals surface area contributed by atoms with Crippen LogP contribution in [0.4, 0.5) is 10.5 Å². The van der Waals surface area contributed by atoms with Gasteiger partial charge in [0, 0.05) is 12.1 Å². The molecule has 0 heterocycles. The van der Waals surface area contributed by atoms with Gasteiger partial charge in [0.05, 0.1) is 4.92 Å². The highest BCUT2D eigenvalue weighted by Gasteiger charge is 2.10. The van der Waals surface area contributed by atoms with Gasteiger partial charge in [-0.15, -0.1) is 0 Å². The van der Waals surface area contributed by atoms with E-state index < -0.39 is 17.0 Å². The summed E-state index contributed by atoms with van der Waals surface area (Å²) in [6, 6.07) is 11.6. The molecule has 0 atom stereocenters. The van der Waals surface area contributed by atoms with E-state index in [1.54, 1.807) is 24.3 Å². The first kappa shape index (κ1) is 20.4. The maximum atomic E-state index is 11.7. The number of nitrogens with zero attached hydrogens (tertiary/aromatic N) is 1. The van der Waals surface area contributed by atoms with Gasteiger partial charge in [-0.25, -0.2) is 9.59 Å². The van der Waals surface area contributed by atoms with Gasteiger partial charge in [0.2, 0.25) is 0 Å². The number of nitro benzene ring substituents is 1. The highest BCUT2D eigenvalue weighted by molar-refractivity contribution is 5.71. The van der Waals surface area contributed by atoms with E-state index in [4.69, 9.17) is 18.9 Å². The lowest BCUT2D eigenvalue weighted by Gasteiger charge is -2.08. The summed E-state index contributed by atoms with van der Waals surface area (Å²) in [5.41, 5.74) is 0.555. The van der Waals surface area contributed by atoms with E-state index in [0.717, 1.165) is 0 Å². The minimum Gasteiger partial charge on any atom is -0.482 e. The lowest BCUT2D eigenvalue weighted by molar-refractivity contribution is -0.384. The van der Waals surface area contributed by atoms with Crippen LogP contribution in [0.25, 0.3) is 0 Å². The fraction of sp³-hybridized carbons (Fsp3) is 0.158. The van der Waals surface area contributed by atoms with Gasteiger partial charge in [0.1, 0.15) is 24.7 Å². The molecule has 0 aliphatic carbocycles. The molecule has 0 bridgehead atoms. The van der Waals surface area contributed by atoms with Gasteiger partial charge in [-0.1, -0.05) is 24.8 Å². The van der Waals surface area contributed by atoms with Crippen LogP contribution in [-0.4, -0.2) is 30.3 Å². The van der Waals surface area contributed by atoms with Crippen LogP contribution in [0, 0.1) is 10.1 Å². The summed E-state index contributed by atoms with van der Waals surface area (Å²) in [4.78, 5) is 33.0. The number of carbonyl (C=O) groups is 2. The second-order valence-electron chi connectivity index (χ2n) is 5.30. The van der Waals surface area contributed by atoms with Crippen LogP contribution < -0.4 is 9.47 Å². The third kappa shape index (κ3) is 6.79. The van der Waals surface area contributed by atoms with Gasteiger partial charge in [-0.05, 0) is 29.8 Å². The minimum absolute atomic E-state index is 0.0481. The Labute approximate surface area is 160 Å². The molecule has 0 spiro atoms. The second-order valence-corrected chi connectivity index (χ2v) is 5.30. The number of esters is 1. The molecule has 0 fully saturated rings. The maximum Gasteiger partial charge on any atom is 0.514 e. The van der Waals surface area contributed by atoms with Crippen molar-refractivity contribution >= 4 is 17.8 Å². The molecule has 0 aliphatic heterocycles. The zero-order valence-electron chi connectivity index (χ0n) is 14.7. The van der Waals surface area contributed by atoms with Crippen LogP contribution in [-0.2, 0) is 20.9 Å². The Balaban J connectivity index is 1.76. The van der Waals surface area contributed by atoms with E-state index >= 15 is 0 Å². The lowest BCUT2D eigenvalue weighted by atomic mass is 10.2. The topological polar surface area (TPSA) is 114 Å². The molecule has 2 aromatic carbocycles. The Morgan fingerprint density at radius 3 is 2.25 bits per heavy atom. The summed E-state index contributed by atoms with van der Waals surface area (Å²) >= 11 is 0. The average molecular weight is 387 g/mol. The molecule has 0 saturated heterocycles. The third-order valence-electron chi connectivity index (χ3n) is 3.25. The molecule has 0 radical (unpaired) electrons. The molecule has 0 saturated carbocycles. The summed E-state index contributed by atoms with van der Waals surface area (Å²) in [5, 5.41) is 10.6. The largest absolute Gasteiger partial charge is 0.514 e. The Morgan fingerprint density at radius 2 is 1.64 bits per heavy atom. The summed E-state index contributed by atoms with van der Waals surface area (Å²) in [6.07, 6.45) is 0.512. The predicted molar refractivity (Wildman–Crippen MR) is 97.0 cm³/mol. The summed E-state index contributed by atoms with van der Waals surface area (Å²) in [6.45, 7) is 3.28. The minimum atomic E-state index is -0.945. The number of nitro groups is 1. The van der Waals surface area contributed by atoms with Crippen LogP contribution in [0.15, 0.2) is 61.2 Å². The first-order chi connectivity index (χ1) is 13.5. The van der Waals surface area contributed by atoms with Crippen LogP contribution in [0.5, 0.6) is 11.5 Å². The van der Waals surface area contributed by atoms with Gasteiger partial charge in [-0.3, -0.25) is 10.1 Å². The van der Waals surface area contributed by atoms with E-state index in [2.05, 4.69) is 6.58 Å². The molecule has 0 aliphatic rings. The van der Waals surface area contributed by atoms with Crippen molar-refractivity contribution in [3.8, 4) is 11.5 Å². The Morgan fingerprint density at radius 1 is 1.00 bits per heavy atom. The molecule has 0 N–H and O–H groups in total. The van der Waals surface area contributed by atoms with Crippen molar-refractivity contribution < 1.29 is 33.5 Å². The molecular formula is C19H17NO8. The smallest absolute Gasteiger partial charge is 0.482 e. The fourth-order valence-electron chi connectivity index (χ4n) is 1.92. The van der Waals surface area contributed by atoms with Gasteiger partial charge in [0.25, 0.3) is 5.69 Å². The predicted octanol–water partition coefficient (Wildman–Crippen LogP) is 3.42. The lowest BCUT2D eigenvalue weighted by Crippen LogP contribution is -2.14. The Kier molecular flexibility index (Phi) is 7.53. The molecule has 28 heavy (non-hydrogen) atoms. The Bertz CT molecular complexity index is 830. The number of hydrogen-bond donors (Lipinski definition) is 0. The quantitative estimate of drug-likeness (QED) is 0.211. The molecule has 2 rings (SSSR count). The maximum absolute atomic E-state index is 11.7. The number of hydrogen-bond acceptors (Lipinski definition) is 8. The fourth-order valence-corrected chi connectivity index (χ4v) is 1.92. The van der Waals surface area contributed by atoms with Crippen molar-refractivity contribution in [1.29, 1.82) is 0 Å². The van der Waals surface area contributed by atoms with Crippen molar-refractivity contribution in [3.63, 3.8) is 0 Å². The standard InChI is InChI=1S/C19H17NO8/c1-2-11-25-18(21)13-26-16-7-3-14(4-8-16)12-27-19(22)28-17-9-5-15(6-10-17)20(23)24/h2-10H,1,11-13H2. The van der Waals surface area contributed by atoms with Crippen LogP contribution in [0.2, 0.25) is 0 Å². The molecule has 146 valence electrons. The van der Waals surface area contributed by atoms with Gasteiger partial charge < -0.3 is 18.9 Å². The SMILES string of the molecule is C=CCOC(=O)COc1ccc(COC(=O)Oc2ccc([N+](=O)[O-])cc2)cc1. The summed E-state index contributed by atoms with van der Waals surface area (Å²) < 4.78 is 19.9. The average Bonchev–Trinajstić information content (AvgIpc) is 2.70. The van der Waals surface area contributed by atoms with Crippen molar-refractivity contribution in [2.24, 2.45) is 0 Å². The molecule has 0 amide bonds. The van der Waals surface area contributed by atoms with Crippen LogP contribution >= 0.6 is 0 Å². The molecule has 9 nitrogen and oxygen atoms in total. The highest BCUT2D eigenvalue weighted by Crippen LogP contribution is 2.18. The zero-order chi connectivity index (χ0) is 20.4. The van der Waals surface area contributed by atoms with Gasteiger partial charge in [0.15, 0.2) is 6.61 Å². The van der Waals surface area contributed by atoms with Gasteiger partial charge >= 0.3 is 12.1 Å². The van der Waals surface area contributed by atoms with Crippen molar-refractivity contribution in [2.75, 3.05) is 13.2 Å². The molecule has 9 heteroatoms. The van der Waals surface area contributed by atoms with Crippen LogP contribution in [0.1, 0.15) is 5.56 Å². The number of benzene rings is 2. The molecular weight excluding hydrogens is 370 g/mol. The number of ether oxygens (including phenoxy) is 4. The summed E-state index contributed by atoms with van der Waals surface area (Å²) in [5.74, 6) is 0.0664. The first-order valence-corrected chi connectivity index (χ1v) is 8.05. The zero-order valence-corrected chi connectivity index (χ0v) is 14.7. The van der Waals surface area contributed by atoms with E-state index in [1.165, 1.54) is 30.3 Å². The van der Waals surface area contributed by atoms with Crippen molar-refractivity contribution in [1.82, 2.24) is 0 Å². The third-order valence-corrected chi connectivity index (χ3v) is 3.25. The Hall–Kier alpha value is -3.88. The normalized spacial score (nSPS) is 9.86. The monoisotopic (exact) mass is 387 g/mol. The summed E-state index contributed by atoms with van der Waals surface area (Å²) in [7, 11) is 0. The van der Waals surface area contributed by atoms with E-state index in [-0.39, 0.29) is 31.3 Å². The van der Waals surface area contributed by atoms with Crippen molar-refractivity contribution in [2.45, 2.75) is 6.61 Å². The van der Waals surface area contributed by atoms with Gasteiger partial charge in [-0.2, -0.15) is 0 Å². The van der Waals surface area contributed by atoms with Crippen LogP contribution in [0.3, 0.4) is 0 Å². The van der Waals surface area contributed by atoms with Crippen molar-refractivity contribution in [3.05, 3.63) is 76.9 Å². The second kappa shape index (κ2) is 10.3. The molecule has 0 aromatic heterocycles. The van der Waals surface area contributed by atoms with E-state index in [1.807, 2.05) is 0 Å². The van der Waals surface area contributed by atoms with E-state index in [9.17, 15) is 19.7 Å². The highest BCUT2D eigenvalue weighted by atomic mass is 16.7. The number of non-ortho nitro benzene ring substituents is 1. The number of rotatable bonds is 9.